The number of aromatic amines is 3. The molecule has 3 aliphatic heterocycles. The highest BCUT2D eigenvalue weighted by molar-refractivity contribution is 7.19. The summed E-state index contributed by atoms with van der Waals surface area (Å²) in [5.41, 5.74) is 5.93. The van der Waals surface area contributed by atoms with Crippen molar-refractivity contribution in [2.75, 3.05) is 40.9 Å². The Labute approximate surface area is 355 Å². The average Bonchev–Trinajstić information content (AvgIpc) is 4.15. The molecule has 63 heavy (non-hydrogen) atoms. The molecule has 7 heterocycles. The van der Waals surface area contributed by atoms with E-state index >= 15 is 0 Å². The highest BCUT2D eigenvalue weighted by Gasteiger charge is 2.33. The molecule has 13 nitrogen and oxygen atoms in total. The molecule has 2 amide bonds. The first-order valence-electron chi connectivity index (χ1n) is 19.9. The Bertz CT molecular complexity index is 3270. The van der Waals surface area contributed by atoms with Crippen LogP contribution in [0, 0.1) is 29.1 Å². The number of carbonyl (C=O) groups is 3. The zero-order valence-electron chi connectivity index (χ0n) is 32.6. The number of anilines is 3. The van der Waals surface area contributed by atoms with E-state index in [2.05, 4.69) is 39.8 Å². The van der Waals surface area contributed by atoms with Crippen molar-refractivity contribution in [2.45, 2.75) is 25.7 Å². The number of aromatic nitrogens is 4. The van der Waals surface area contributed by atoms with Crippen molar-refractivity contribution in [1.82, 2.24) is 19.9 Å². The van der Waals surface area contributed by atoms with E-state index in [4.69, 9.17) is 0 Å². The smallest absolute Gasteiger partial charge is 0.360 e. The minimum atomic E-state index is -2.38. The Hall–Kier alpha value is -7.41. The number of esters is 1. The standard InChI is InChI=1S/C44H30F5N9O4S/c45-35-36(46)38(48)40(39(49)37(35)47)62-43(61)31-18-25-23-10-14-58(33(23)8-6-28(25)53-31)42(60)30-17-24-22-9-13-57(32(22)7-5-27(24)52-30)41(59)29-16-20-15-21(3-4-26(20)51-29)54-55-34-19-50-44(63-34)56-11-1-2-12-56/h3-8,15-19,51-53H,1-2,9-14H2/b55-54+. The van der Waals surface area contributed by atoms with Crippen LogP contribution >= 0.6 is 11.3 Å². The molecule has 3 aliphatic rings. The molecular weight excluding hydrogens is 846 g/mol. The van der Waals surface area contributed by atoms with Crippen LogP contribution in [0.1, 0.15) is 55.4 Å². The first-order valence-corrected chi connectivity index (χ1v) is 20.7. The molecule has 1 fully saturated rings. The van der Waals surface area contributed by atoms with Gasteiger partial charge in [-0.15, -0.1) is 10.2 Å². The SMILES string of the molecule is O=C(Oc1c(F)c(F)c(F)c(F)c1F)c1cc2c3c(ccc2[nH]1)N(C(=O)c1cc2c4c(ccc2[nH]1)N(C(=O)c1cc2cc(/N=N/c5cnc(N6CCCC6)s5)ccc2[nH]1)CC4)CC3. The number of azo groups is 1. The molecule has 1 saturated heterocycles. The second-order valence-corrected chi connectivity index (χ2v) is 16.4. The lowest BCUT2D eigenvalue weighted by molar-refractivity contribution is 0.0710. The maximum Gasteiger partial charge on any atom is 0.360 e. The number of nitrogens with one attached hydrogen (secondary N) is 3. The average molecular weight is 876 g/mol. The summed E-state index contributed by atoms with van der Waals surface area (Å²) in [7, 11) is 0. The minimum Gasteiger partial charge on any atom is -0.415 e. The van der Waals surface area contributed by atoms with E-state index < -0.39 is 40.8 Å². The van der Waals surface area contributed by atoms with Crippen molar-refractivity contribution >= 4 is 89.0 Å². The molecule has 4 aromatic carbocycles. The summed E-state index contributed by atoms with van der Waals surface area (Å²) < 4.78 is 74.0. The Morgan fingerprint density at radius 1 is 0.635 bits per heavy atom. The highest BCUT2D eigenvalue weighted by atomic mass is 32.1. The van der Waals surface area contributed by atoms with Crippen LogP contribution in [0.15, 0.2) is 77.1 Å². The topological polar surface area (TPSA) is 155 Å². The third-order valence-corrected chi connectivity index (χ3v) is 12.7. The fraction of sp³-hybridized carbons (Fsp3) is 0.182. The van der Waals surface area contributed by atoms with E-state index in [1.807, 2.05) is 30.3 Å². The van der Waals surface area contributed by atoms with Crippen molar-refractivity contribution in [3.8, 4) is 5.75 Å². The highest BCUT2D eigenvalue weighted by Crippen LogP contribution is 2.40. The van der Waals surface area contributed by atoms with Crippen LogP contribution < -0.4 is 19.4 Å². The number of H-pyrrole nitrogens is 3. The number of nitrogens with zero attached hydrogens (tertiary/aromatic N) is 6. The fourth-order valence-electron chi connectivity index (χ4n) is 8.75. The van der Waals surface area contributed by atoms with E-state index in [0.29, 0.717) is 65.2 Å². The summed E-state index contributed by atoms with van der Waals surface area (Å²) in [5, 5.41) is 12.6. The molecule has 19 heteroatoms. The molecule has 11 rings (SSSR count). The number of amides is 2. The van der Waals surface area contributed by atoms with Gasteiger partial charge in [0, 0.05) is 70.3 Å². The van der Waals surface area contributed by atoms with Crippen molar-refractivity contribution in [3.63, 3.8) is 0 Å². The Balaban J connectivity index is 0.804. The van der Waals surface area contributed by atoms with Crippen LogP contribution in [0.25, 0.3) is 32.7 Å². The van der Waals surface area contributed by atoms with Gasteiger partial charge >= 0.3 is 5.97 Å². The molecule has 0 atom stereocenters. The summed E-state index contributed by atoms with van der Waals surface area (Å²) >= 11 is 1.51. The summed E-state index contributed by atoms with van der Waals surface area (Å²) in [6, 6.07) is 17.5. The van der Waals surface area contributed by atoms with Gasteiger partial charge in [-0.3, -0.25) is 9.59 Å². The van der Waals surface area contributed by atoms with E-state index in [-0.39, 0.29) is 17.5 Å². The molecule has 0 aliphatic carbocycles. The maximum absolute atomic E-state index is 14.2. The van der Waals surface area contributed by atoms with Crippen LogP contribution in [0.3, 0.4) is 0 Å². The van der Waals surface area contributed by atoms with Gasteiger partial charge in [0.25, 0.3) is 11.8 Å². The van der Waals surface area contributed by atoms with Gasteiger partial charge in [0.1, 0.15) is 17.1 Å². The molecule has 0 radical (unpaired) electrons. The van der Waals surface area contributed by atoms with E-state index in [0.717, 1.165) is 69.1 Å². The Morgan fingerprint density at radius 2 is 1.19 bits per heavy atom. The van der Waals surface area contributed by atoms with Crippen molar-refractivity contribution in [3.05, 3.63) is 124 Å². The number of rotatable bonds is 7. The zero-order valence-corrected chi connectivity index (χ0v) is 33.4. The molecular formula is C44H30F5N9O4S. The molecule has 4 aromatic heterocycles. The monoisotopic (exact) mass is 875 g/mol. The van der Waals surface area contributed by atoms with Crippen molar-refractivity contribution in [1.29, 1.82) is 0 Å². The number of thiazole rings is 1. The first kappa shape index (κ1) is 38.5. The van der Waals surface area contributed by atoms with Gasteiger partial charge in [-0.25, -0.2) is 22.9 Å². The fourth-order valence-corrected chi connectivity index (χ4v) is 9.54. The van der Waals surface area contributed by atoms with Crippen LogP contribution in [0.5, 0.6) is 5.75 Å². The van der Waals surface area contributed by atoms with Crippen molar-refractivity contribution < 1.29 is 41.1 Å². The van der Waals surface area contributed by atoms with Gasteiger partial charge in [0.2, 0.25) is 34.8 Å². The van der Waals surface area contributed by atoms with Crippen LogP contribution in [0.2, 0.25) is 0 Å². The number of ether oxygens (including phenoxy) is 1. The maximum atomic E-state index is 14.2. The summed E-state index contributed by atoms with van der Waals surface area (Å²) in [6.45, 7) is 2.73. The van der Waals surface area contributed by atoms with Gasteiger partial charge in [0.05, 0.1) is 11.9 Å². The first-order chi connectivity index (χ1) is 30.5. The molecule has 8 aromatic rings. The number of benzene rings is 4. The number of carbonyl (C=O) groups excluding carboxylic acids is 3. The summed E-state index contributed by atoms with van der Waals surface area (Å²) in [6.07, 6.45) is 5.01. The largest absolute Gasteiger partial charge is 0.415 e. The molecule has 0 unspecified atom stereocenters. The predicted molar refractivity (Wildman–Crippen MR) is 225 cm³/mol. The normalized spacial score (nSPS) is 14.9. The summed E-state index contributed by atoms with van der Waals surface area (Å²) in [5.74, 6) is -15.0. The van der Waals surface area contributed by atoms with Crippen molar-refractivity contribution in [2.24, 2.45) is 10.2 Å². The van der Waals surface area contributed by atoms with Gasteiger partial charge in [-0.2, -0.15) is 8.78 Å². The lowest BCUT2D eigenvalue weighted by Crippen LogP contribution is -2.29. The lowest BCUT2D eigenvalue weighted by Gasteiger charge is -2.16. The number of halogens is 5. The van der Waals surface area contributed by atoms with Gasteiger partial charge in [0.15, 0.2) is 10.1 Å². The number of hydrogen-bond acceptors (Lipinski definition) is 9. The van der Waals surface area contributed by atoms with Crippen LogP contribution in [-0.2, 0) is 12.8 Å². The number of hydrogen-bond donors (Lipinski definition) is 3. The molecule has 0 spiro atoms. The van der Waals surface area contributed by atoms with Crippen LogP contribution in [0.4, 0.5) is 49.1 Å². The Morgan fingerprint density at radius 3 is 1.84 bits per heavy atom. The molecule has 3 N–H and O–H groups in total. The quantitative estimate of drug-likeness (QED) is 0.0362. The molecule has 316 valence electrons. The lowest BCUT2D eigenvalue weighted by atomic mass is 10.1. The Kier molecular flexibility index (Phi) is 8.93. The van der Waals surface area contributed by atoms with Crippen LogP contribution in [-0.4, -0.2) is 63.9 Å². The molecule has 0 bridgehead atoms. The number of fused-ring (bicyclic) bond motifs is 7. The predicted octanol–water partition coefficient (Wildman–Crippen LogP) is 9.92. The van der Waals surface area contributed by atoms with E-state index in [9.17, 15) is 36.3 Å². The van der Waals surface area contributed by atoms with Gasteiger partial charge < -0.3 is 34.4 Å². The minimum absolute atomic E-state index is 0.197. The third kappa shape index (κ3) is 6.32. The second-order valence-electron chi connectivity index (χ2n) is 15.4. The van der Waals surface area contributed by atoms with E-state index in [1.165, 1.54) is 17.4 Å². The second kappa shape index (κ2) is 14.6. The molecule has 0 saturated carbocycles. The van der Waals surface area contributed by atoms with Gasteiger partial charge in [-0.1, -0.05) is 11.3 Å². The van der Waals surface area contributed by atoms with Gasteiger partial charge in [-0.05, 0) is 97.5 Å². The zero-order chi connectivity index (χ0) is 43.3. The summed E-state index contributed by atoms with van der Waals surface area (Å²) in [4.78, 5) is 60.2. The third-order valence-electron chi connectivity index (χ3n) is 11.8. The van der Waals surface area contributed by atoms with E-state index in [1.54, 1.807) is 40.3 Å².